The Morgan fingerprint density at radius 1 is 0.865 bits per heavy atom. The third-order valence-electron chi connectivity index (χ3n) is 6.10. The Balaban J connectivity index is 1.42. The largest absolute Gasteiger partial charge is 0.449 e. The zero-order valence-corrected chi connectivity index (χ0v) is 21.5. The summed E-state index contributed by atoms with van der Waals surface area (Å²) < 4.78 is 34.8. The van der Waals surface area contributed by atoms with Gasteiger partial charge in [-0.1, -0.05) is 66.2 Å². The molecule has 4 aromatic rings. The second-order valence-corrected chi connectivity index (χ2v) is 11.0. The molecule has 1 aliphatic heterocycles. The van der Waals surface area contributed by atoms with E-state index in [9.17, 15) is 13.2 Å². The molecular weight excluding hydrogens is 512 g/mol. The van der Waals surface area contributed by atoms with Crippen LogP contribution in [-0.4, -0.2) is 48.7 Å². The molecule has 1 saturated heterocycles. The van der Waals surface area contributed by atoms with Gasteiger partial charge < -0.3 is 9.64 Å². The number of ether oxygens (including phenoxy) is 1. The van der Waals surface area contributed by atoms with Crippen LogP contribution in [0.1, 0.15) is 5.56 Å². The Kier molecular flexibility index (Phi) is 7.27. The molecule has 10 heteroatoms. The van der Waals surface area contributed by atoms with Crippen LogP contribution in [0, 0.1) is 0 Å². The number of sulfonamides is 1. The predicted octanol–water partition coefficient (Wildman–Crippen LogP) is 4.33. The van der Waals surface area contributed by atoms with Gasteiger partial charge in [-0.15, -0.1) is 0 Å². The van der Waals surface area contributed by atoms with Crippen molar-refractivity contribution in [3.8, 4) is 17.2 Å². The molecule has 37 heavy (non-hydrogen) atoms. The van der Waals surface area contributed by atoms with Gasteiger partial charge in [-0.2, -0.15) is 14.1 Å². The summed E-state index contributed by atoms with van der Waals surface area (Å²) in [6.45, 7) is 1.36. The number of anilines is 1. The fourth-order valence-corrected chi connectivity index (χ4v) is 5.93. The van der Waals surface area contributed by atoms with Gasteiger partial charge in [0.1, 0.15) is 11.4 Å². The lowest BCUT2D eigenvalue weighted by Crippen LogP contribution is -2.49. The van der Waals surface area contributed by atoms with E-state index in [1.165, 1.54) is 8.99 Å². The van der Waals surface area contributed by atoms with Gasteiger partial charge in [-0.3, -0.25) is 4.79 Å². The highest BCUT2D eigenvalue weighted by Crippen LogP contribution is 2.30. The lowest BCUT2D eigenvalue weighted by atomic mass is 10.2. The van der Waals surface area contributed by atoms with Crippen LogP contribution in [0.25, 0.3) is 5.69 Å². The van der Waals surface area contributed by atoms with Gasteiger partial charge >= 0.3 is 5.56 Å². The molecule has 0 aliphatic carbocycles. The lowest BCUT2D eigenvalue weighted by Gasteiger charge is -2.35. The molecular formula is C27H25ClN4O4S. The summed E-state index contributed by atoms with van der Waals surface area (Å²) in [5, 5.41) is 4.86. The van der Waals surface area contributed by atoms with E-state index in [0.29, 0.717) is 35.2 Å². The third kappa shape index (κ3) is 5.69. The standard InChI is InChI=1S/C27H25ClN4O4S/c28-22-10-7-11-23(18-22)32-27(33)26(36-24-12-5-2-6-13-24)25(19-29-32)30-14-16-31(17-15-30)37(34,35)20-21-8-3-1-4-9-21/h1-13,18-19H,14-17,20H2. The molecule has 1 aromatic heterocycles. The first-order valence-corrected chi connectivity index (χ1v) is 13.8. The quantitative estimate of drug-likeness (QED) is 0.349. The fourth-order valence-electron chi connectivity index (χ4n) is 4.23. The number of hydrogen-bond acceptors (Lipinski definition) is 6. The minimum Gasteiger partial charge on any atom is -0.449 e. The lowest BCUT2D eigenvalue weighted by molar-refractivity contribution is 0.381. The highest BCUT2D eigenvalue weighted by Gasteiger charge is 2.29. The molecule has 0 saturated carbocycles. The second-order valence-electron chi connectivity index (χ2n) is 8.60. The van der Waals surface area contributed by atoms with Crippen LogP contribution in [-0.2, 0) is 15.8 Å². The first-order chi connectivity index (χ1) is 17.9. The first kappa shape index (κ1) is 25.0. The Hall–Kier alpha value is -3.66. The van der Waals surface area contributed by atoms with Crippen LogP contribution in [0.4, 0.5) is 5.69 Å². The van der Waals surface area contributed by atoms with E-state index in [1.807, 2.05) is 53.4 Å². The summed E-state index contributed by atoms with van der Waals surface area (Å²) in [7, 11) is -3.47. The summed E-state index contributed by atoms with van der Waals surface area (Å²) in [6, 6.07) is 25.0. The van der Waals surface area contributed by atoms with Crippen LogP contribution >= 0.6 is 11.6 Å². The van der Waals surface area contributed by atoms with Gasteiger partial charge in [0, 0.05) is 31.2 Å². The van der Waals surface area contributed by atoms with Crippen LogP contribution in [0.15, 0.2) is 95.9 Å². The SMILES string of the molecule is O=c1c(Oc2ccccc2)c(N2CCN(S(=O)(=O)Cc3ccccc3)CC2)cnn1-c1cccc(Cl)c1. The summed E-state index contributed by atoms with van der Waals surface area (Å²) in [6.07, 6.45) is 1.58. The molecule has 0 spiro atoms. The van der Waals surface area contributed by atoms with Crippen LogP contribution in [0.3, 0.4) is 0 Å². The minimum atomic E-state index is -3.47. The van der Waals surface area contributed by atoms with Crippen molar-refractivity contribution in [3.05, 3.63) is 112 Å². The van der Waals surface area contributed by atoms with Gasteiger partial charge in [0.05, 0.1) is 17.6 Å². The molecule has 2 heterocycles. The number of halogens is 1. The van der Waals surface area contributed by atoms with E-state index in [4.69, 9.17) is 16.3 Å². The van der Waals surface area contributed by atoms with Gasteiger partial charge in [-0.05, 0) is 35.9 Å². The zero-order valence-electron chi connectivity index (χ0n) is 19.9. The van der Waals surface area contributed by atoms with Crippen LogP contribution in [0.2, 0.25) is 5.02 Å². The molecule has 0 unspecified atom stereocenters. The number of nitrogens with zero attached hydrogens (tertiary/aromatic N) is 4. The summed E-state index contributed by atoms with van der Waals surface area (Å²) >= 11 is 6.13. The predicted molar refractivity (Wildman–Crippen MR) is 144 cm³/mol. The fraction of sp³-hybridized carbons (Fsp3) is 0.185. The number of benzene rings is 3. The Morgan fingerprint density at radius 2 is 1.54 bits per heavy atom. The average Bonchev–Trinajstić information content (AvgIpc) is 2.91. The monoisotopic (exact) mass is 536 g/mol. The topological polar surface area (TPSA) is 84.7 Å². The number of aromatic nitrogens is 2. The Labute approximate surface area is 220 Å². The summed E-state index contributed by atoms with van der Waals surface area (Å²) in [5.41, 5.74) is 1.33. The van der Waals surface area contributed by atoms with E-state index in [2.05, 4.69) is 5.10 Å². The van der Waals surface area contributed by atoms with Gasteiger partial charge in [0.15, 0.2) is 0 Å². The normalized spacial score (nSPS) is 14.5. The molecule has 0 amide bonds. The maximum Gasteiger partial charge on any atom is 0.316 e. The zero-order chi connectivity index (χ0) is 25.8. The van der Waals surface area contributed by atoms with Gasteiger partial charge in [0.25, 0.3) is 0 Å². The molecule has 0 atom stereocenters. The van der Waals surface area contributed by atoms with E-state index in [0.717, 1.165) is 5.56 Å². The van der Waals surface area contributed by atoms with E-state index < -0.39 is 15.6 Å². The van der Waals surface area contributed by atoms with Crippen LogP contribution in [0.5, 0.6) is 11.5 Å². The van der Waals surface area contributed by atoms with Crippen LogP contribution < -0.4 is 15.2 Å². The molecule has 3 aromatic carbocycles. The number of rotatable bonds is 7. The number of piperazine rings is 1. The van der Waals surface area contributed by atoms with Crippen molar-refractivity contribution in [2.24, 2.45) is 0 Å². The molecule has 8 nitrogen and oxygen atoms in total. The maximum atomic E-state index is 13.6. The number of para-hydroxylation sites is 1. The van der Waals surface area contributed by atoms with Crippen molar-refractivity contribution in [1.82, 2.24) is 14.1 Å². The molecule has 1 fully saturated rings. The molecule has 0 N–H and O–H groups in total. The maximum absolute atomic E-state index is 13.6. The highest BCUT2D eigenvalue weighted by atomic mass is 35.5. The number of hydrogen-bond donors (Lipinski definition) is 0. The van der Waals surface area contributed by atoms with Crippen molar-refractivity contribution in [2.45, 2.75) is 5.75 Å². The molecule has 0 bridgehead atoms. The second kappa shape index (κ2) is 10.8. The van der Waals surface area contributed by atoms with E-state index in [1.54, 1.807) is 42.6 Å². The van der Waals surface area contributed by atoms with Crippen molar-refractivity contribution < 1.29 is 13.2 Å². The van der Waals surface area contributed by atoms with E-state index in [-0.39, 0.29) is 24.6 Å². The Bertz CT molecular complexity index is 1540. The third-order valence-corrected chi connectivity index (χ3v) is 8.18. The Morgan fingerprint density at radius 3 is 2.22 bits per heavy atom. The molecule has 5 rings (SSSR count). The molecule has 0 radical (unpaired) electrons. The average molecular weight is 537 g/mol. The highest BCUT2D eigenvalue weighted by molar-refractivity contribution is 7.88. The van der Waals surface area contributed by atoms with Gasteiger partial charge in [-0.25, -0.2) is 8.42 Å². The first-order valence-electron chi connectivity index (χ1n) is 11.8. The molecule has 190 valence electrons. The summed E-state index contributed by atoms with van der Waals surface area (Å²) in [5.74, 6) is 0.573. The van der Waals surface area contributed by atoms with Crippen molar-refractivity contribution in [1.29, 1.82) is 0 Å². The smallest absolute Gasteiger partial charge is 0.316 e. The van der Waals surface area contributed by atoms with Crippen molar-refractivity contribution >= 4 is 27.3 Å². The summed E-state index contributed by atoms with van der Waals surface area (Å²) in [4.78, 5) is 15.5. The minimum absolute atomic E-state index is 0.0482. The van der Waals surface area contributed by atoms with Crippen molar-refractivity contribution in [2.75, 3.05) is 31.1 Å². The van der Waals surface area contributed by atoms with E-state index >= 15 is 0 Å². The molecule has 1 aliphatic rings. The van der Waals surface area contributed by atoms with Crippen molar-refractivity contribution in [3.63, 3.8) is 0 Å². The van der Waals surface area contributed by atoms with Gasteiger partial charge in [0.2, 0.25) is 15.8 Å².